The number of piperidine rings is 1. The van der Waals surface area contributed by atoms with Crippen LogP contribution in [0.15, 0.2) is 30.3 Å². The fraction of sp³-hybridized carbons (Fsp3) is 0.650. The summed E-state index contributed by atoms with van der Waals surface area (Å²) in [6, 6.07) is 10.0. The van der Waals surface area contributed by atoms with Gasteiger partial charge in [-0.05, 0) is 50.0 Å². The molecule has 4 heteroatoms. The topological polar surface area (TPSA) is 49.8 Å². The number of aliphatic hydroxyl groups is 1. The molecule has 2 saturated heterocycles. The van der Waals surface area contributed by atoms with Gasteiger partial charge < -0.3 is 14.7 Å². The van der Waals surface area contributed by atoms with Crippen LogP contribution in [0.2, 0.25) is 0 Å². The van der Waals surface area contributed by atoms with Crippen LogP contribution in [-0.4, -0.2) is 33.8 Å². The average Bonchev–Trinajstić information content (AvgIpc) is 2.85. The van der Waals surface area contributed by atoms with Crippen molar-refractivity contribution in [3.8, 4) is 0 Å². The molecule has 0 saturated carbocycles. The van der Waals surface area contributed by atoms with Crippen LogP contribution in [0.1, 0.15) is 57.9 Å². The number of carbonyl (C=O) groups excluding carboxylic acids is 1. The van der Waals surface area contributed by atoms with Crippen molar-refractivity contribution in [2.75, 3.05) is 0 Å². The number of nitrogens with zero attached hydrogens (tertiary/aromatic N) is 1. The van der Waals surface area contributed by atoms with Gasteiger partial charge in [-0.2, -0.15) is 0 Å². The van der Waals surface area contributed by atoms with Crippen molar-refractivity contribution in [3.63, 3.8) is 0 Å². The van der Waals surface area contributed by atoms with Gasteiger partial charge in [0.15, 0.2) is 0 Å². The van der Waals surface area contributed by atoms with E-state index in [2.05, 4.69) is 13.8 Å². The second kappa shape index (κ2) is 7.14. The van der Waals surface area contributed by atoms with Crippen molar-refractivity contribution in [1.29, 1.82) is 0 Å². The van der Waals surface area contributed by atoms with Gasteiger partial charge in [-0.3, -0.25) is 0 Å². The molecule has 132 valence electrons. The second-order valence-corrected chi connectivity index (χ2v) is 7.90. The number of fused-ring (bicyclic) bond motifs is 2. The smallest absolute Gasteiger partial charge is 0.410 e. The first kappa shape index (κ1) is 17.3. The Balaban J connectivity index is 1.57. The second-order valence-electron chi connectivity index (χ2n) is 7.90. The van der Waals surface area contributed by atoms with Crippen LogP contribution in [0.25, 0.3) is 0 Å². The van der Waals surface area contributed by atoms with E-state index in [0.29, 0.717) is 25.4 Å². The van der Waals surface area contributed by atoms with Crippen LogP contribution < -0.4 is 0 Å². The normalized spacial score (nSPS) is 29.1. The van der Waals surface area contributed by atoms with E-state index in [-0.39, 0.29) is 18.2 Å². The van der Waals surface area contributed by atoms with Crippen LogP contribution in [0.5, 0.6) is 0 Å². The summed E-state index contributed by atoms with van der Waals surface area (Å²) in [5.74, 6) is 0.598. The molecule has 0 aromatic heterocycles. The Bertz CT molecular complexity index is 543. The van der Waals surface area contributed by atoms with Gasteiger partial charge in [-0.25, -0.2) is 4.79 Å². The summed E-state index contributed by atoms with van der Waals surface area (Å²) in [5.41, 5.74) is 0.399. The van der Waals surface area contributed by atoms with E-state index in [4.69, 9.17) is 4.74 Å². The minimum absolute atomic E-state index is 0.129. The summed E-state index contributed by atoms with van der Waals surface area (Å²) in [4.78, 5) is 14.4. The van der Waals surface area contributed by atoms with Gasteiger partial charge >= 0.3 is 6.09 Å². The molecule has 2 heterocycles. The highest BCUT2D eigenvalue weighted by molar-refractivity contribution is 5.69. The van der Waals surface area contributed by atoms with E-state index in [1.165, 1.54) is 0 Å². The van der Waals surface area contributed by atoms with Crippen molar-refractivity contribution in [2.45, 2.75) is 76.7 Å². The first-order valence-corrected chi connectivity index (χ1v) is 9.18. The lowest BCUT2D eigenvalue weighted by atomic mass is 9.81. The number of amides is 1. The molecule has 0 radical (unpaired) electrons. The summed E-state index contributed by atoms with van der Waals surface area (Å²) in [5, 5.41) is 10.9. The van der Waals surface area contributed by atoms with E-state index in [1.807, 2.05) is 35.2 Å². The molecule has 2 fully saturated rings. The van der Waals surface area contributed by atoms with Gasteiger partial charge in [0.05, 0.1) is 5.60 Å². The molecular formula is C20H29NO3. The van der Waals surface area contributed by atoms with Crippen LogP contribution in [0, 0.1) is 5.92 Å². The van der Waals surface area contributed by atoms with Crippen molar-refractivity contribution in [3.05, 3.63) is 35.9 Å². The van der Waals surface area contributed by atoms with E-state index < -0.39 is 5.60 Å². The highest BCUT2D eigenvalue weighted by Gasteiger charge is 2.49. The standard InChI is InChI=1S/C20H29NO3/c1-15(2)10-11-20(23)12-17-8-9-18(13-20)21(17)19(22)24-14-16-6-4-3-5-7-16/h3-7,15,17-18,23H,8-14H2,1-2H3. The number of hydrogen-bond acceptors (Lipinski definition) is 3. The number of carbonyl (C=O) groups is 1. The predicted octanol–water partition coefficient (Wildman–Crippen LogP) is 4.12. The van der Waals surface area contributed by atoms with Crippen molar-refractivity contribution >= 4 is 6.09 Å². The number of ether oxygens (including phenoxy) is 1. The monoisotopic (exact) mass is 331 g/mol. The largest absolute Gasteiger partial charge is 0.445 e. The quantitative estimate of drug-likeness (QED) is 0.883. The van der Waals surface area contributed by atoms with Gasteiger partial charge in [0.25, 0.3) is 0 Å². The Morgan fingerprint density at radius 1 is 1.25 bits per heavy atom. The minimum Gasteiger partial charge on any atom is -0.445 e. The fourth-order valence-corrected chi connectivity index (χ4v) is 4.18. The van der Waals surface area contributed by atoms with Crippen LogP contribution >= 0.6 is 0 Å². The molecule has 1 N–H and O–H groups in total. The average molecular weight is 331 g/mol. The molecule has 1 amide bonds. The Morgan fingerprint density at radius 3 is 2.46 bits per heavy atom. The third-order valence-corrected chi connectivity index (χ3v) is 5.45. The number of hydrogen-bond donors (Lipinski definition) is 1. The van der Waals surface area contributed by atoms with Gasteiger partial charge in [0, 0.05) is 12.1 Å². The summed E-state index contributed by atoms with van der Waals surface area (Å²) in [6.45, 7) is 4.69. The summed E-state index contributed by atoms with van der Waals surface area (Å²) in [7, 11) is 0. The van der Waals surface area contributed by atoms with Crippen LogP contribution in [0.3, 0.4) is 0 Å². The zero-order valence-corrected chi connectivity index (χ0v) is 14.8. The molecule has 2 aliphatic rings. The predicted molar refractivity (Wildman–Crippen MR) is 93.5 cm³/mol. The van der Waals surface area contributed by atoms with Crippen LogP contribution in [0.4, 0.5) is 4.79 Å². The SMILES string of the molecule is CC(C)CCC1(O)CC2CCC(C1)N2C(=O)OCc1ccccc1. The summed E-state index contributed by atoms with van der Waals surface area (Å²) >= 11 is 0. The van der Waals surface area contributed by atoms with E-state index >= 15 is 0 Å². The Hall–Kier alpha value is -1.55. The van der Waals surface area contributed by atoms with E-state index in [0.717, 1.165) is 31.2 Å². The third kappa shape index (κ3) is 3.92. The van der Waals surface area contributed by atoms with Gasteiger partial charge in [-0.1, -0.05) is 44.2 Å². The first-order valence-electron chi connectivity index (χ1n) is 9.18. The Morgan fingerprint density at radius 2 is 1.88 bits per heavy atom. The summed E-state index contributed by atoms with van der Waals surface area (Å²) in [6.07, 6.45) is 4.99. The molecule has 4 nitrogen and oxygen atoms in total. The lowest BCUT2D eigenvalue weighted by Gasteiger charge is -2.43. The first-order chi connectivity index (χ1) is 11.5. The van der Waals surface area contributed by atoms with Gasteiger partial charge in [-0.15, -0.1) is 0 Å². The lowest BCUT2D eigenvalue weighted by Crippen LogP contribution is -2.53. The third-order valence-electron chi connectivity index (χ3n) is 5.45. The zero-order chi connectivity index (χ0) is 17.2. The van der Waals surface area contributed by atoms with Crippen molar-refractivity contribution in [1.82, 2.24) is 4.90 Å². The number of benzene rings is 1. The molecular weight excluding hydrogens is 302 g/mol. The molecule has 1 aromatic rings. The molecule has 0 spiro atoms. The maximum atomic E-state index is 12.5. The highest BCUT2D eigenvalue weighted by Crippen LogP contribution is 2.43. The van der Waals surface area contributed by atoms with Crippen LogP contribution in [-0.2, 0) is 11.3 Å². The molecule has 2 atom stereocenters. The van der Waals surface area contributed by atoms with Crippen molar-refractivity contribution in [2.24, 2.45) is 5.92 Å². The summed E-state index contributed by atoms with van der Waals surface area (Å²) < 4.78 is 5.52. The Labute approximate surface area is 144 Å². The maximum absolute atomic E-state index is 12.5. The van der Waals surface area contributed by atoms with Gasteiger partial charge in [0.1, 0.15) is 6.61 Å². The van der Waals surface area contributed by atoms with E-state index in [9.17, 15) is 9.90 Å². The molecule has 3 rings (SSSR count). The number of rotatable bonds is 5. The van der Waals surface area contributed by atoms with Crippen molar-refractivity contribution < 1.29 is 14.6 Å². The zero-order valence-electron chi connectivity index (χ0n) is 14.8. The molecule has 2 aliphatic heterocycles. The molecule has 24 heavy (non-hydrogen) atoms. The molecule has 0 aliphatic carbocycles. The molecule has 1 aromatic carbocycles. The molecule has 2 unspecified atom stereocenters. The Kier molecular flexibility index (Phi) is 5.14. The highest BCUT2D eigenvalue weighted by atomic mass is 16.6. The minimum atomic E-state index is -0.605. The maximum Gasteiger partial charge on any atom is 0.410 e. The van der Waals surface area contributed by atoms with E-state index in [1.54, 1.807) is 0 Å². The van der Waals surface area contributed by atoms with Gasteiger partial charge in [0.2, 0.25) is 0 Å². The molecule has 2 bridgehead atoms. The fourth-order valence-electron chi connectivity index (χ4n) is 4.18. The lowest BCUT2D eigenvalue weighted by molar-refractivity contribution is -0.0567.